The highest BCUT2D eigenvalue weighted by Gasteiger charge is 2.26. The molecule has 3 rings (SSSR count). The van der Waals surface area contributed by atoms with Gasteiger partial charge in [-0.2, -0.15) is 0 Å². The van der Waals surface area contributed by atoms with E-state index in [1.165, 1.54) is 36.6 Å². The molecule has 0 fully saturated rings. The zero-order valence-corrected chi connectivity index (χ0v) is 21.9. The number of carbonyl (C=O) groups excluding carboxylic acids is 2. The minimum atomic E-state index is -4.15. The van der Waals surface area contributed by atoms with E-state index in [4.69, 9.17) is 27.7 Å². The van der Waals surface area contributed by atoms with Crippen LogP contribution in [0.4, 0.5) is 0 Å². The van der Waals surface area contributed by atoms with Gasteiger partial charge in [0, 0.05) is 32.8 Å². The first kappa shape index (κ1) is 27.4. The van der Waals surface area contributed by atoms with Crippen molar-refractivity contribution in [1.82, 2.24) is 19.3 Å². The number of rotatable bonds is 9. The van der Waals surface area contributed by atoms with Crippen molar-refractivity contribution < 1.29 is 32.7 Å². The molecule has 0 bridgehead atoms. The van der Waals surface area contributed by atoms with Crippen molar-refractivity contribution in [3.63, 3.8) is 0 Å². The number of nitrogens with one attached hydrogen (secondary N) is 1. The lowest BCUT2D eigenvalue weighted by Crippen LogP contribution is -2.31. The Labute approximate surface area is 217 Å². The van der Waals surface area contributed by atoms with Crippen molar-refractivity contribution in [1.29, 1.82) is 0 Å². The summed E-state index contributed by atoms with van der Waals surface area (Å²) in [5.41, 5.74) is 0.698. The topological polar surface area (TPSA) is 155 Å². The van der Waals surface area contributed by atoms with Crippen LogP contribution in [0.1, 0.15) is 40.2 Å². The Morgan fingerprint density at radius 1 is 1.19 bits per heavy atom. The summed E-state index contributed by atoms with van der Waals surface area (Å²) in [5.74, 6) is -2.43. The van der Waals surface area contributed by atoms with E-state index in [9.17, 15) is 28.2 Å². The van der Waals surface area contributed by atoms with Gasteiger partial charge in [-0.1, -0.05) is 34.4 Å². The molecule has 0 saturated heterocycles. The molecule has 0 radical (unpaired) electrons. The maximum Gasteiger partial charge on any atom is 0.269 e. The first-order chi connectivity index (χ1) is 16.8. The Kier molecular flexibility index (Phi) is 8.22. The molecule has 194 valence electrons. The van der Waals surface area contributed by atoms with E-state index >= 15 is 0 Å². The predicted octanol–water partition coefficient (Wildman–Crippen LogP) is 3.37. The van der Waals surface area contributed by atoms with Crippen molar-refractivity contribution in [3.8, 4) is 11.6 Å². The Morgan fingerprint density at radius 2 is 1.89 bits per heavy atom. The molecule has 2 amide bonds. The van der Waals surface area contributed by atoms with Crippen molar-refractivity contribution in [2.45, 2.75) is 44.7 Å². The van der Waals surface area contributed by atoms with Crippen LogP contribution in [-0.4, -0.2) is 52.1 Å². The fourth-order valence-corrected chi connectivity index (χ4v) is 5.24. The largest absolute Gasteiger partial charge is 0.503 e. The Balaban J connectivity index is 1.61. The van der Waals surface area contributed by atoms with Crippen LogP contribution in [0, 0.1) is 13.8 Å². The second-order valence-corrected chi connectivity index (χ2v) is 10.5. The van der Waals surface area contributed by atoms with Crippen LogP contribution in [0.2, 0.25) is 10.0 Å². The van der Waals surface area contributed by atoms with Crippen molar-refractivity contribution >= 4 is 45.0 Å². The van der Waals surface area contributed by atoms with E-state index in [0.29, 0.717) is 15.6 Å². The summed E-state index contributed by atoms with van der Waals surface area (Å²) in [5, 5.41) is 24.8. The average Bonchev–Trinajstić information content (AvgIpc) is 3.28. The maximum atomic E-state index is 12.8. The van der Waals surface area contributed by atoms with E-state index in [0.717, 1.165) is 0 Å². The van der Waals surface area contributed by atoms with Gasteiger partial charge in [-0.05, 0) is 38.0 Å². The molecule has 0 saturated carbocycles. The number of aromatic nitrogens is 2. The zero-order chi connectivity index (χ0) is 26.8. The SMILES string of the molecule is Cc1noc(C)c1S(=O)(=O)NC(=O)CCCn1cc(C(=O)N(C)Cc2ccc(Cl)c(Cl)c2)c(O)c1O. The highest BCUT2D eigenvalue weighted by Crippen LogP contribution is 2.33. The number of hydrogen-bond donors (Lipinski definition) is 3. The van der Waals surface area contributed by atoms with E-state index in [1.54, 1.807) is 18.2 Å². The number of aromatic hydroxyl groups is 2. The normalized spacial score (nSPS) is 11.5. The van der Waals surface area contributed by atoms with Gasteiger partial charge < -0.3 is 24.2 Å². The standard InChI is InChI=1S/C22H24Cl2N4O7S/c1-12-20(13(2)35-25-12)36(33,34)26-18(29)5-4-8-28-11-15(19(30)22(28)32)21(31)27(3)10-14-6-7-16(23)17(24)9-14/h6-7,9,11,30,32H,4-5,8,10H2,1-3H3,(H,26,29). The van der Waals surface area contributed by atoms with Gasteiger partial charge in [-0.3, -0.25) is 9.59 Å². The van der Waals surface area contributed by atoms with Crippen molar-refractivity contribution in [3.05, 3.63) is 57.0 Å². The third-order valence-corrected chi connectivity index (χ3v) is 7.65. The van der Waals surface area contributed by atoms with Gasteiger partial charge in [-0.15, -0.1) is 0 Å². The molecule has 0 spiro atoms. The van der Waals surface area contributed by atoms with E-state index in [-0.39, 0.29) is 47.8 Å². The second-order valence-electron chi connectivity index (χ2n) is 8.10. The number of hydrogen-bond acceptors (Lipinski definition) is 8. The third kappa shape index (κ3) is 5.94. The van der Waals surface area contributed by atoms with Gasteiger partial charge in [0.05, 0.1) is 10.0 Å². The monoisotopic (exact) mass is 558 g/mol. The summed E-state index contributed by atoms with van der Waals surface area (Å²) in [7, 11) is -2.64. The fraction of sp³-hybridized carbons (Fsp3) is 0.318. The van der Waals surface area contributed by atoms with Gasteiger partial charge >= 0.3 is 0 Å². The molecular formula is C22H24Cl2N4O7S. The number of sulfonamides is 1. The molecule has 0 aliphatic heterocycles. The molecule has 1 aromatic carbocycles. The number of halogens is 2. The number of carbonyl (C=O) groups is 2. The number of benzene rings is 1. The summed E-state index contributed by atoms with van der Waals surface area (Å²) in [6.45, 7) is 3.06. The van der Waals surface area contributed by atoms with Crippen LogP contribution < -0.4 is 4.72 Å². The maximum absolute atomic E-state index is 12.8. The van der Waals surface area contributed by atoms with Gasteiger partial charge in [0.15, 0.2) is 16.4 Å². The molecular weight excluding hydrogens is 535 g/mol. The summed E-state index contributed by atoms with van der Waals surface area (Å²) in [4.78, 5) is 26.2. The summed E-state index contributed by atoms with van der Waals surface area (Å²) >= 11 is 11.9. The van der Waals surface area contributed by atoms with Crippen LogP contribution in [0.25, 0.3) is 0 Å². The molecule has 14 heteroatoms. The predicted molar refractivity (Wildman–Crippen MR) is 131 cm³/mol. The third-order valence-electron chi connectivity index (χ3n) is 5.29. The molecule has 36 heavy (non-hydrogen) atoms. The average molecular weight is 559 g/mol. The lowest BCUT2D eigenvalue weighted by Gasteiger charge is -2.17. The van der Waals surface area contributed by atoms with Crippen LogP contribution >= 0.6 is 23.2 Å². The molecule has 2 aromatic heterocycles. The molecule has 11 nitrogen and oxygen atoms in total. The summed E-state index contributed by atoms with van der Waals surface area (Å²) in [6.07, 6.45) is 1.16. The fourth-order valence-electron chi connectivity index (χ4n) is 3.57. The molecule has 0 aliphatic carbocycles. The number of aryl methyl sites for hydroxylation is 3. The van der Waals surface area contributed by atoms with Crippen LogP contribution in [0.3, 0.4) is 0 Å². The molecule has 0 aliphatic rings. The van der Waals surface area contributed by atoms with E-state index in [1.807, 2.05) is 4.72 Å². The van der Waals surface area contributed by atoms with Crippen molar-refractivity contribution in [2.75, 3.05) is 7.05 Å². The summed E-state index contributed by atoms with van der Waals surface area (Å²) < 4.78 is 32.8. The van der Waals surface area contributed by atoms with Crippen molar-refractivity contribution in [2.24, 2.45) is 0 Å². The smallest absolute Gasteiger partial charge is 0.269 e. The Hall–Kier alpha value is -3.22. The zero-order valence-electron chi connectivity index (χ0n) is 19.6. The lowest BCUT2D eigenvalue weighted by atomic mass is 10.2. The van der Waals surface area contributed by atoms with Crippen LogP contribution in [0.5, 0.6) is 11.6 Å². The first-order valence-electron chi connectivity index (χ1n) is 10.6. The highest BCUT2D eigenvalue weighted by molar-refractivity contribution is 7.90. The lowest BCUT2D eigenvalue weighted by molar-refractivity contribution is -0.119. The summed E-state index contributed by atoms with van der Waals surface area (Å²) in [6, 6.07) is 4.93. The van der Waals surface area contributed by atoms with Gasteiger partial charge in [-0.25, -0.2) is 13.1 Å². The van der Waals surface area contributed by atoms with Gasteiger partial charge in [0.1, 0.15) is 11.3 Å². The Morgan fingerprint density at radius 3 is 2.50 bits per heavy atom. The number of amides is 2. The van der Waals surface area contributed by atoms with E-state index < -0.39 is 33.5 Å². The van der Waals surface area contributed by atoms with E-state index in [2.05, 4.69) is 5.16 Å². The first-order valence-corrected chi connectivity index (χ1v) is 12.8. The van der Waals surface area contributed by atoms with Crippen LogP contribution in [0.15, 0.2) is 33.8 Å². The van der Waals surface area contributed by atoms with Gasteiger partial charge in [0.25, 0.3) is 15.9 Å². The quantitative estimate of drug-likeness (QED) is 0.361. The second kappa shape index (κ2) is 10.8. The minimum absolute atomic E-state index is 0.0297. The molecule has 3 N–H and O–H groups in total. The minimum Gasteiger partial charge on any atom is -0.503 e. The molecule has 3 aromatic rings. The molecule has 0 atom stereocenters. The van der Waals surface area contributed by atoms with Gasteiger partial charge in [0.2, 0.25) is 11.8 Å². The number of nitrogens with zero attached hydrogens (tertiary/aromatic N) is 3. The Bertz CT molecular complexity index is 1400. The molecule has 2 heterocycles. The van der Waals surface area contributed by atoms with Crippen LogP contribution in [-0.2, 0) is 27.9 Å². The highest BCUT2D eigenvalue weighted by atomic mass is 35.5. The molecule has 0 unspecified atom stereocenters.